The van der Waals surface area contributed by atoms with Gasteiger partial charge in [-0.15, -0.1) is 0 Å². The van der Waals surface area contributed by atoms with Gasteiger partial charge in [0.15, 0.2) is 0 Å². The minimum Gasteiger partial charge on any atom is -0.481 e. The average molecular weight is 201 g/mol. The molecule has 0 saturated heterocycles. The first kappa shape index (κ1) is 13.4. The van der Waals surface area contributed by atoms with Gasteiger partial charge in [0.1, 0.15) is 0 Å². The molecule has 0 aliphatic rings. The van der Waals surface area contributed by atoms with Crippen LogP contribution in [0.1, 0.15) is 52.9 Å². The van der Waals surface area contributed by atoms with Crippen molar-refractivity contribution in [3.63, 3.8) is 0 Å². The fraction of sp³-hybridized carbons (Fsp3) is 0.909. The molecule has 3 heteroatoms. The number of hydrogen-bond donors (Lipinski definition) is 2. The van der Waals surface area contributed by atoms with Gasteiger partial charge in [-0.3, -0.25) is 4.79 Å². The van der Waals surface area contributed by atoms with Crippen molar-refractivity contribution in [1.82, 2.24) is 5.32 Å². The monoisotopic (exact) mass is 201 g/mol. The predicted molar refractivity (Wildman–Crippen MR) is 58.5 cm³/mol. The van der Waals surface area contributed by atoms with Crippen molar-refractivity contribution >= 4 is 5.97 Å². The standard InChI is InChI=1S/C11H23NO2/c1-4-5-6-9(2)12-10(3)7-8-11(13)14/h9-10,12H,4-8H2,1-3H3,(H,13,14). The van der Waals surface area contributed by atoms with Crippen LogP contribution in [-0.2, 0) is 4.79 Å². The third-order valence-corrected chi connectivity index (χ3v) is 2.35. The van der Waals surface area contributed by atoms with Gasteiger partial charge in [-0.2, -0.15) is 0 Å². The highest BCUT2D eigenvalue weighted by Crippen LogP contribution is 2.03. The Bertz CT molecular complexity index is 159. The molecule has 2 unspecified atom stereocenters. The lowest BCUT2D eigenvalue weighted by atomic mass is 10.1. The summed E-state index contributed by atoms with van der Waals surface area (Å²) in [5.74, 6) is -0.708. The van der Waals surface area contributed by atoms with Crippen LogP contribution in [0, 0.1) is 0 Å². The second-order valence-corrected chi connectivity index (χ2v) is 4.04. The summed E-state index contributed by atoms with van der Waals surface area (Å²) in [6.45, 7) is 6.39. The van der Waals surface area contributed by atoms with Gasteiger partial charge in [0.05, 0.1) is 0 Å². The second kappa shape index (κ2) is 7.80. The molecule has 0 aromatic rings. The van der Waals surface area contributed by atoms with Crippen LogP contribution in [0.15, 0.2) is 0 Å². The van der Waals surface area contributed by atoms with Gasteiger partial charge >= 0.3 is 5.97 Å². The fourth-order valence-corrected chi connectivity index (χ4v) is 1.50. The molecule has 0 radical (unpaired) electrons. The molecule has 0 aromatic carbocycles. The second-order valence-electron chi connectivity index (χ2n) is 4.04. The van der Waals surface area contributed by atoms with Crippen molar-refractivity contribution in [2.24, 2.45) is 0 Å². The topological polar surface area (TPSA) is 49.3 Å². The molecule has 0 saturated carbocycles. The number of rotatable bonds is 8. The zero-order valence-corrected chi connectivity index (χ0v) is 9.55. The Balaban J connectivity index is 3.49. The maximum atomic E-state index is 10.3. The molecule has 14 heavy (non-hydrogen) atoms. The smallest absolute Gasteiger partial charge is 0.303 e. The van der Waals surface area contributed by atoms with Crippen LogP contribution in [-0.4, -0.2) is 23.2 Å². The molecule has 0 spiro atoms. The van der Waals surface area contributed by atoms with E-state index in [-0.39, 0.29) is 6.42 Å². The zero-order chi connectivity index (χ0) is 11.0. The molecule has 2 N–H and O–H groups in total. The third kappa shape index (κ3) is 8.05. The van der Waals surface area contributed by atoms with E-state index in [0.29, 0.717) is 18.5 Å². The summed E-state index contributed by atoms with van der Waals surface area (Å²) in [5, 5.41) is 11.9. The molecule has 0 bridgehead atoms. The van der Waals surface area contributed by atoms with Crippen LogP contribution in [0.2, 0.25) is 0 Å². The minimum absolute atomic E-state index is 0.259. The van der Waals surface area contributed by atoms with Crippen molar-refractivity contribution in [3.05, 3.63) is 0 Å². The van der Waals surface area contributed by atoms with Crippen LogP contribution >= 0.6 is 0 Å². The minimum atomic E-state index is -0.708. The Morgan fingerprint density at radius 3 is 2.36 bits per heavy atom. The van der Waals surface area contributed by atoms with Gasteiger partial charge in [0, 0.05) is 18.5 Å². The van der Waals surface area contributed by atoms with E-state index >= 15 is 0 Å². The SMILES string of the molecule is CCCCC(C)NC(C)CCC(=O)O. The van der Waals surface area contributed by atoms with Crippen molar-refractivity contribution in [2.45, 2.75) is 65.0 Å². The van der Waals surface area contributed by atoms with Gasteiger partial charge in [-0.25, -0.2) is 0 Å². The Morgan fingerprint density at radius 1 is 1.29 bits per heavy atom. The molecule has 2 atom stereocenters. The van der Waals surface area contributed by atoms with E-state index in [1.54, 1.807) is 0 Å². The molecule has 84 valence electrons. The van der Waals surface area contributed by atoms with E-state index in [1.807, 2.05) is 6.92 Å². The summed E-state index contributed by atoms with van der Waals surface area (Å²) in [7, 11) is 0. The van der Waals surface area contributed by atoms with Crippen LogP contribution in [0.3, 0.4) is 0 Å². The average Bonchev–Trinajstić information content (AvgIpc) is 2.11. The van der Waals surface area contributed by atoms with Crippen LogP contribution in [0.5, 0.6) is 0 Å². The maximum Gasteiger partial charge on any atom is 0.303 e. The highest BCUT2D eigenvalue weighted by molar-refractivity contribution is 5.66. The summed E-state index contributed by atoms with van der Waals surface area (Å²) in [6, 6.07) is 0.803. The Kier molecular flexibility index (Phi) is 7.48. The van der Waals surface area contributed by atoms with Crippen molar-refractivity contribution < 1.29 is 9.90 Å². The summed E-state index contributed by atoms with van der Waals surface area (Å²) in [6.07, 6.45) is 4.60. The third-order valence-electron chi connectivity index (χ3n) is 2.35. The van der Waals surface area contributed by atoms with E-state index in [9.17, 15) is 4.79 Å². The van der Waals surface area contributed by atoms with E-state index in [4.69, 9.17) is 5.11 Å². The van der Waals surface area contributed by atoms with Gasteiger partial charge in [0.25, 0.3) is 0 Å². The van der Waals surface area contributed by atoms with Gasteiger partial charge in [0.2, 0.25) is 0 Å². The Morgan fingerprint density at radius 2 is 1.86 bits per heavy atom. The first-order chi connectivity index (χ1) is 6.56. The van der Waals surface area contributed by atoms with Crippen LogP contribution in [0.4, 0.5) is 0 Å². The molecule has 0 heterocycles. The van der Waals surface area contributed by atoms with Crippen LogP contribution in [0.25, 0.3) is 0 Å². The van der Waals surface area contributed by atoms with E-state index in [2.05, 4.69) is 19.2 Å². The number of hydrogen-bond acceptors (Lipinski definition) is 2. The molecule has 3 nitrogen and oxygen atoms in total. The lowest BCUT2D eigenvalue weighted by Crippen LogP contribution is -2.34. The summed E-state index contributed by atoms with van der Waals surface area (Å²) in [4.78, 5) is 10.3. The molecule has 0 fully saturated rings. The molecule has 0 aliphatic heterocycles. The Hall–Kier alpha value is -0.570. The van der Waals surface area contributed by atoms with Crippen LogP contribution < -0.4 is 5.32 Å². The number of unbranched alkanes of at least 4 members (excludes halogenated alkanes) is 1. The first-order valence-corrected chi connectivity index (χ1v) is 5.54. The number of carbonyl (C=O) groups is 1. The molecular weight excluding hydrogens is 178 g/mol. The number of aliphatic carboxylic acids is 1. The van der Waals surface area contributed by atoms with Gasteiger partial charge in [-0.1, -0.05) is 19.8 Å². The first-order valence-electron chi connectivity index (χ1n) is 5.54. The maximum absolute atomic E-state index is 10.3. The Labute approximate surface area is 86.9 Å². The van der Waals surface area contributed by atoms with E-state index in [1.165, 1.54) is 19.3 Å². The lowest BCUT2D eigenvalue weighted by Gasteiger charge is -2.19. The van der Waals surface area contributed by atoms with Crippen molar-refractivity contribution in [2.75, 3.05) is 0 Å². The predicted octanol–water partition coefficient (Wildman–Crippen LogP) is 2.41. The van der Waals surface area contributed by atoms with Gasteiger partial charge in [-0.05, 0) is 26.7 Å². The zero-order valence-electron chi connectivity index (χ0n) is 9.55. The number of carboxylic acids is 1. The van der Waals surface area contributed by atoms with E-state index < -0.39 is 5.97 Å². The lowest BCUT2D eigenvalue weighted by molar-refractivity contribution is -0.137. The molecule has 0 aromatic heterocycles. The summed E-state index contributed by atoms with van der Waals surface area (Å²) in [5.41, 5.74) is 0. The fourth-order valence-electron chi connectivity index (χ4n) is 1.50. The summed E-state index contributed by atoms with van der Waals surface area (Å²) >= 11 is 0. The van der Waals surface area contributed by atoms with Crippen molar-refractivity contribution in [1.29, 1.82) is 0 Å². The quantitative estimate of drug-likeness (QED) is 0.634. The molecule has 0 aliphatic carbocycles. The molecule has 0 rings (SSSR count). The normalized spacial score (nSPS) is 15.1. The molecular formula is C11H23NO2. The highest BCUT2D eigenvalue weighted by atomic mass is 16.4. The van der Waals surface area contributed by atoms with E-state index in [0.717, 1.165) is 0 Å². The van der Waals surface area contributed by atoms with Gasteiger partial charge < -0.3 is 10.4 Å². The highest BCUT2D eigenvalue weighted by Gasteiger charge is 2.08. The van der Waals surface area contributed by atoms with Crippen molar-refractivity contribution in [3.8, 4) is 0 Å². The molecule has 0 amide bonds. The number of nitrogens with one attached hydrogen (secondary N) is 1. The number of carboxylic acid groups (broad SMARTS) is 1. The largest absolute Gasteiger partial charge is 0.481 e. The summed E-state index contributed by atoms with van der Waals surface area (Å²) < 4.78 is 0.